The Morgan fingerprint density at radius 1 is 0.781 bits per heavy atom. The van der Waals surface area contributed by atoms with Gasteiger partial charge in [-0.2, -0.15) is 0 Å². The molecule has 0 aromatic carbocycles. The first kappa shape index (κ1) is 23.8. The number of hydrogen-bond donors (Lipinski definition) is 0. The van der Waals surface area contributed by atoms with Crippen LogP contribution in [0, 0.1) is 7.65 Å². The molecule has 5 rings (SSSR count). The number of hydrogen-bond acceptors (Lipinski definition) is 11. The van der Waals surface area contributed by atoms with E-state index in [1.54, 1.807) is 34.9 Å². The zero-order valence-electron chi connectivity index (χ0n) is 17.5. The molecule has 1 aromatic rings. The van der Waals surface area contributed by atoms with E-state index in [1.165, 1.54) is 18.5 Å². The summed E-state index contributed by atoms with van der Waals surface area (Å²) < 4.78 is 17.6. The molecule has 4 aliphatic rings. The second-order valence-corrected chi connectivity index (χ2v) is 13.9. The van der Waals surface area contributed by atoms with Gasteiger partial charge in [0.05, 0.1) is 55.7 Å². The van der Waals surface area contributed by atoms with Crippen molar-refractivity contribution in [1.82, 2.24) is 14.4 Å². The van der Waals surface area contributed by atoms with Gasteiger partial charge in [0.15, 0.2) is 0 Å². The normalized spacial score (nSPS) is 25.3. The lowest BCUT2D eigenvalue weighted by atomic mass is 10.4. The summed E-state index contributed by atoms with van der Waals surface area (Å²) in [4.78, 5) is 4.82. The molecule has 4 aliphatic heterocycles. The Morgan fingerprint density at radius 3 is 1.62 bits per heavy atom. The van der Waals surface area contributed by atoms with Gasteiger partial charge in [0.2, 0.25) is 0 Å². The van der Waals surface area contributed by atoms with Crippen molar-refractivity contribution in [2.24, 2.45) is 0 Å². The predicted molar refractivity (Wildman–Crippen MR) is 147 cm³/mol. The second-order valence-electron chi connectivity index (χ2n) is 7.24. The van der Waals surface area contributed by atoms with E-state index in [9.17, 15) is 0 Å². The Balaban J connectivity index is 1.53. The molecule has 0 amide bonds. The van der Waals surface area contributed by atoms with E-state index >= 15 is 0 Å². The number of nitrogens with zero attached hydrogens (tertiary/aromatic N) is 3. The molecule has 5 nitrogen and oxygen atoms in total. The van der Waals surface area contributed by atoms with Crippen LogP contribution in [0.2, 0.25) is 0 Å². The lowest BCUT2D eigenvalue weighted by molar-refractivity contribution is 0.0578. The fourth-order valence-corrected chi connectivity index (χ4v) is 11.0. The maximum atomic E-state index is 5.85. The number of aromatic nitrogens is 1. The van der Waals surface area contributed by atoms with E-state index in [0.29, 0.717) is 0 Å². The number of thioether (sulfide) groups is 4. The van der Waals surface area contributed by atoms with Crippen LogP contribution in [0.1, 0.15) is 6.92 Å². The van der Waals surface area contributed by atoms with Crippen molar-refractivity contribution in [3.63, 3.8) is 0 Å². The summed E-state index contributed by atoms with van der Waals surface area (Å²) in [7, 11) is 0. The second kappa shape index (κ2) is 10.8. The average Bonchev–Trinajstić information content (AvgIpc) is 3.50. The van der Waals surface area contributed by atoms with Gasteiger partial charge in [-0.25, -0.2) is 0 Å². The summed E-state index contributed by atoms with van der Waals surface area (Å²) in [6, 6.07) is 0. The third-order valence-electron chi connectivity index (χ3n) is 5.39. The van der Waals surface area contributed by atoms with Crippen LogP contribution in [0.3, 0.4) is 0 Å². The van der Waals surface area contributed by atoms with E-state index in [0.717, 1.165) is 77.5 Å². The van der Waals surface area contributed by atoms with Crippen molar-refractivity contribution in [2.45, 2.75) is 13.5 Å². The smallest absolute Gasteiger partial charge is 0.117 e. The highest BCUT2D eigenvalue weighted by Gasteiger charge is 2.24. The summed E-state index contributed by atoms with van der Waals surface area (Å²) in [5.41, 5.74) is 0. The summed E-state index contributed by atoms with van der Waals surface area (Å²) >= 11 is 20.5. The first-order valence-electron chi connectivity index (χ1n) is 10.4. The van der Waals surface area contributed by atoms with Gasteiger partial charge in [0.25, 0.3) is 0 Å². The van der Waals surface area contributed by atoms with Crippen LogP contribution >= 0.6 is 82.8 Å². The minimum atomic E-state index is 0.793. The average molecular weight is 562 g/mol. The highest BCUT2D eigenvalue weighted by Crippen LogP contribution is 2.47. The van der Waals surface area contributed by atoms with Crippen molar-refractivity contribution in [2.75, 3.05) is 52.6 Å². The molecule has 2 saturated heterocycles. The van der Waals surface area contributed by atoms with Gasteiger partial charge in [-0.3, -0.25) is 0 Å². The summed E-state index contributed by atoms with van der Waals surface area (Å²) in [5, 5.41) is 9.39. The molecule has 172 valence electrons. The Morgan fingerprint density at radius 2 is 1.22 bits per heavy atom. The van der Waals surface area contributed by atoms with E-state index in [2.05, 4.69) is 32.1 Å². The molecule has 0 atom stereocenters. The Labute approximate surface area is 219 Å². The van der Waals surface area contributed by atoms with Crippen LogP contribution in [0.15, 0.2) is 20.9 Å². The lowest BCUT2D eigenvalue weighted by Crippen LogP contribution is -2.36. The molecule has 0 N–H and O–H groups in total. The maximum absolute atomic E-state index is 5.85. The van der Waals surface area contributed by atoms with Gasteiger partial charge in [-0.15, -0.1) is 11.3 Å². The van der Waals surface area contributed by atoms with Gasteiger partial charge in [-0.05, 0) is 6.92 Å². The molecular formula is C20H23N3O2S7. The largest absolute Gasteiger partial charge is 0.378 e. The molecule has 0 spiro atoms. The van der Waals surface area contributed by atoms with E-state index < -0.39 is 0 Å². The quantitative estimate of drug-likeness (QED) is 0.496. The first-order chi connectivity index (χ1) is 15.7. The fourth-order valence-electron chi connectivity index (χ4n) is 3.76. The number of rotatable bonds is 3. The molecule has 0 unspecified atom stereocenters. The van der Waals surface area contributed by atoms with Gasteiger partial charge in [-0.1, -0.05) is 71.5 Å². The van der Waals surface area contributed by atoms with Crippen molar-refractivity contribution in [3.05, 3.63) is 39.2 Å². The summed E-state index contributed by atoms with van der Waals surface area (Å²) in [5.74, 6) is 0. The molecule has 5 heterocycles. The van der Waals surface area contributed by atoms with Crippen molar-refractivity contribution in [1.29, 1.82) is 0 Å². The molecule has 0 aliphatic carbocycles. The van der Waals surface area contributed by atoms with Crippen molar-refractivity contribution in [3.8, 4) is 0 Å². The van der Waals surface area contributed by atoms with Crippen LogP contribution in [-0.2, 0) is 16.0 Å². The Kier molecular flexibility index (Phi) is 8.02. The Hall–Kier alpha value is 0.0800. The van der Waals surface area contributed by atoms with Crippen LogP contribution in [0.25, 0.3) is 8.47 Å². The highest BCUT2D eigenvalue weighted by atomic mass is 32.2. The van der Waals surface area contributed by atoms with Crippen LogP contribution in [0.4, 0.5) is 0 Å². The van der Waals surface area contributed by atoms with Crippen LogP contribution < -0.4 is 10.7 Å². The molecule has 32 heavy (non-hydrogen) atoms. The number of ether oxygens (including phenoxy) is 2. The maximum Gasteiger partial charge on any atom is 0.117 e. The standard InChI is InChI=1S/C20H23N3O2S7/c1-2-23-15(19-28-11-13(30-19)21-3-7-24-8-4-21)17(26)32-18(27)16(23)20-29-12-14(31-20)22-5-9-25-10-6-22/h11-12H,2-10H2,1H3/b19-15+,20-16+. The van der Waals surface area contributed by atoms with Crippen molar-refractivity contribution < 1.29 is 9.47 Å². The monoisotopic (exact) mass is 561 g/mol. The summed E-state index contributed by atoms with van der Waals surface area (Å²) in [6.07, 6.45) is 0. The number of morpholine rings is 2. The first-order valence-corrected chi connectivity index (χ1v) is 15.5. The van der Waals surface area contributed by atoms with Gasteiger partial charge in [0, 0.05) is 43.5 Å². The van der Waals surface area contributed by atoms with Crippen molar-refractivity contribution >= 4 is 91.3 Å². The molecule has 2 fully saturated rings. The van der Waals surface area contributed by atoms with Crippen LogP contribution in [0.5, 0.6) is 0 Å². The zero-order chi connectivity index (χ0) is 22.1. The highest BCUT2D eigenvalue weighted by molar-refractivity contribution is 8.35. The molecular weight excluding hydrogens is 539 g/mol. The topological polar surface area (TPSA) is 29.9 Å². The third-order valence-corrected chi connectivity index (χ3v) is 11.8. The van der Waals surface area contributed by atoms with E-state index in [-0.39, 0.29) is 0 Å². The van der Waals surface area contributed by atoms with Gasteiger partial charge < -0.3 is 23.8 Å². The van der Waals surface area contributed by atoms with E-state index in [1.807, 2.05) is 23.5 Å². The Bertz CT molecular complexity index is 1100. The van der Waals surface area contributed by atoms with E-state index in [4.69, 9.17) is 33.9 Å². The van der Waals surface area contributed by atoms with Crippen LogP contribution in [-0.4, -0.2) is 67.0 Å². The molecule has 0 bridgehead atoms. The lowest BCUT2D eigenvalue weighted by Gasteiger charge is -2.28. The third kappa shape index (κ3) is 4.90. The molecule has 1 aromatic heterocycles. The molecule has 0 radical (unpaired) electrons. The minimum Gasteiger partial charge on any atom is -0.378 e. The molecule has 0 saturated carbocycles. The van der Waals surface area contributed by atoms with Gasteiger partial charge >= 0.3 is 0 Å². The zero-order valence-corrected chi connectivity index (χ0v) is 23.3. The summed E-state index contributed by atoms with van der Waals surface area (Å²) in [6.45, 7) is 9.97. The fraction of sp³-hybridized carbons (Fsp3) is 0.500. The minimum absolute atomic E-state index is 0.793. The predicted octanol–water partition coefficient (Wildman–Crippen LogP) is 4.38. The van der Waals surface area contributed by atoms with Gasteiger partial charge in [0.1, 0.15) is 7.65 Å². The molecule has 12 heteroatoms. The SMILES string of the molecule is CCn1/c(=C2\SC=C(N3CCOCC3)S2)c(=S)sc(=S)/c1=C1/SC=C(N2CCOCC2)S1.